The fourth-order valence-corrected chi connectivity index (χ4v) is 4.17. The average molecular weight is 407 g/mol. The van der Waals surface area contributed by atoms with Crippen LogP contribution in [0.15, 0.2) is 24.3 Å². The molecule has 3 rings (SSSR count). The Morgan fingerprint density at radius 2 is 1.89 bits per heavy atom. The highest BCUT2D eigenvalue weighted by atomic mass is 35.5. The van der Waals surface area contributed by atoms with Gasteiger partial charge in [-0.2, -0.15) is 0 Å². The number of urea groups is 1. The van der Waals surface area contributed by atoms with Crippen LogP contribution in [0, 0.1) is 0 Å². The monoisotopic (exact) mass is 406 g/mol. The molecule has 0 aromatic heterocycles. The van der Waals surface area contributed by atoms with E-state index >= 15 is 0 Å². The Morgan fingerprint density at radius 3 is 2.50 bits per heavy atom. The molecule has 2 aliphatic heterocycles. The van der Waals surface area contributed by atoms with Crippen molar-refractivity contribution < 1.29 is 14.4 Å². The van der Waals surface area contributed by atoms with Crippen LogP contribution in [-0.2, 0) is 9.59 Å². The molecule has 7 nitrogen and oxygen atoms in total. The van der Waals surface area contributed by atoms with Crippen molar-refractivity contribution in [2.45, 2.75) is 44.7 Å². The molecule has 0 saturated carbocycles. The molecule has 2 aliphatic rings. The Hall–Kier alpha value is -2.12. The fourth-order valence-electron chi connectivity index (χ4n) is 3.88. The number of carbonyl (C=O) groups is 3. The van der Waals surface area contributed by atoms with Crippen molar-refractivity contribution in [2.24, 2.45) is 0 Å². The van der Waals surface area contributed by atoms with E-state index in [4.69, 9.17) is 11.6 Å². The summed E-state index contributed by atoms with van der Waals surface area (Å²) in [6.45, 7) is 6.79. The van der Waals surface area contributed by atoms with E-state index in [1.807, 2.05) is 29.2 Å². The summed E-state index contributed by atoms with van der Waals surface area (Å²) in [4.78, 5) is 39.9. The molecule has 0 radical (unpaired) electrons. The first-order valence-corrected chi connectivity index (χ1v) is 10.1. The second kappa shape index (κ2) is 8.49. The molecule has 0 bridgehead atoms. The fraction of sp³-hybridized carbons (Fsp3) is 0.550. The molecule has 1 aromatic rings. The summed E-state index contributed by atoms with van der Waals surface area (Å²) >= 11 is 6.31. The van der Waals surface area contributed by atoms with E-state index in [0.717, 1.165) is 23.7 Å². The average Bonchev–Trinajstić information content (AvgIpc) is 2.93. The molecular formula is C20H27ClN4O3. The number of nitrogens with one attached hydrogen (secondary N) is 2. The normalized spacial score (nSPS) is 24.0. The highest BCUT2D eigenvalue weighted by molar-refractivity contribution is 6.31. The smallest absolute Gasteiger partial charge is 0.322 e. The molecule has 28 heavy (non-hydrogen) atoms. The van der Waals surface area contributed by atoms with Crippen LogP contribution >= 0.6 is 11.6 Å². The summed E-state index contributed by atoms with van der Waals surface area (Å²) in [5.41, 5.74) is 0.189. The number of hydrogen-bond acceptors (Lipinski definition) is 4. The van der Waals surface area contributed by atoms with Crippen LogP contribution in [0.25, 0.3) is 0 Å². The summed E-state index contributed by atoms with van der Waals surface area (Å²) in [5, 5.41) is 5.64. The first-order chi connectivity index (χ1) is 13.3. The van der Waals surface area contributed by atoms with E-state index in [9.17, 15) is 14.4 Å². The summed E-state index contributed by atoms with van der Waals surface area (Å²) in [5.74, 6) is -0.231. The zero-order chi connectivity index (χ0) is 20.3. The van der Waals surface area contributed by atoms with E-state index in [0.29, 0.717) is 32.4 Å². The third-order valence-corrected chi connectivity index (χ3v) is 6.10. The van der Waals surface area contributed by atoms with Crippen LogP contribution in [0.1, 0.15) is 44.7 Å². The quantitative estimate of drug-likeness (QED) is 0.710. The molecule has 2 atom stereocenters. The summed E-state index contributed by atoms with van der Waals surface area (Å²) in [7, 11) is 0. The van der Waals surface area contributed by atoms with Crippen LogP contribution in [0.4, 0.5) is 4.79 Å². The highest BCUT2D eigenvalue weighted by Crippen LogP contribution is 2.28. The molecule has 1 aromatic carbocycles. The summed E-state index contributed by atoms with van der Waals surface area (Å²) < 4.78 is 0. The Labute approximate surface area is 170 Å². The van der Waals surface area contributed by atoms with E-state index in [1.54, 1.807) is 6.92 Å². The van der Waals surface area contributed by atoms with Crippen LogP contribution in [-0.4, -0.2) is 59.4 Å². The van der Waals surface area contributed by atoms with E-state index in [1.165, 1.54) is 0 Å². The SMILES string of the molecule is C[C@H](c1ccccc1Cl)N1CCN(C(=O)CCC[C@@]2(C)NC(=O)NC2=O)CC1. The van der Waals surface area contributed by atoms with Crippen LogP contribution in [0.3, 0.4) is 0 Å². The van der Waals surface area contributed by atoms with Gasteiger partial charge in [-0.3, -0.25) is 19.8 Å². The molecule has 2 heterocycles. The largest absolute Gasteiger partial charge is 0.340 e. The van der Waals surface area contributed by atoms with Gasteiger partial charge >= 0.3 is 6.03 Å². The number of carbonyl (C=O) groups excluding carboxylic acids is 3. The lowest BCUT2D eigenvalue weighted by Gasteiger charge is -2.38. The first-order valence-electron chi connectivity index (χ1n) is 9.70. The predicted octanol–water partition coefficient (Wildman–Crippen LogP) is 2.31. The zero-order valence-corrected chi connectivity index (χ0v) is 17.1. The Balaban J connectivity index is 1.44. The van der Waals surface area contributed by atoms with Gasteiger partial charge in [0.1, 0.15) is 5.54 Å². The van der Waals surface area contributed by atoms with Crippen molar-refractivity contribution in [3.05, 3.63) is 34.9 Å². The van der Waals surface area contributed by atoms with E-state index in [2.05, 4.69) is 22.5 Å². The van der Waals surface area contributed by atoms with Crippen molar-refractivity contribution in [2.75, 3.05) is 26.2 Å². The number of imide groups is 1. The van der Waals surface area contributed by atoms with Gasteiger partial charge in [-0.1, -0.05) is 29.8 Å². The standard InChI is InChI=1S/C20H27ClN4O3/c1-14(15-6-3-4-7-16(15)21)24-10-12-25(13-11-24)17(26)8-5-9-20(2)18(27)22-19(28)23-20/h3-4,6-7,14H,5,8-13H2,1-2H3,(H2,22,23,27,28)/t14-,20-/m1/s1. The van der Waals surface area contributed by atoms with Gasteiger partial charge in [-0.15, -0.1) is 0 Å². The third-order valence-electron chi connectivity index (χ3n) is 5.76. The first kappa shape index (κ1) is 20.6. The highest BCUT2D eigenvalue weighted by Gasteiger charge is 2.41. The van der Waals surface area contributed by atoms with Gasteiger partial charge in [0, 0.05) is 43.7 Å². The third kappa shape index (κ3) is 4.47. The maximum Gasteiger partial charge on any atom is 0.322 e. The van der Waals surface area contributed by atoms with Crippen molar-refractivity contribution in [1.29, 1.82) is 0 Å². The molecule has 2 N–H and O–H groups in total. The van der Waals surface area contributed by atoms with Crippen LogP contribution in [0.2, 0.25) is 5.02 Å². The Bertz CT molecular complexity index is 764. The van der Waals surface area contributed by atoms with Gasteiger partial charge in [0.2, 0.25) is 5.91 Å². The molecule has 8 heteroatoms. The minimum absolute atomic E-state index is 0.0957. The predicted molar refractivity (Wildman–Crippen MR) is 107 cm³/mol. The molecule has 2 fully saturated rings. The summed E-state index contributed by atoms with van der Waals surface area (Å²) in [6.07, 6.45) is 1.37. The lowest BCUT2D eigenvalue weighted by molar-refractivity contribution is -0.133. The number of nitrogens with zero attached hydrogens (tertiary/aromatic N) is 2. The number of amides is 4. The lowest BCUT2D eigenvalue weighted by Crippen LogP contribution is -2.49. The lowest BCUT2D eigenvalue weighted by atomic mass is 9.95. The number of benzene rings is 1. The van der Waals surface area contributed by atoms with Crippen molar-refractivity contribution in [3.8, 4) is 0 Å². The Kier molecular flexibility index (Phi) is 6.25. The van der Waals surface area contributed by atoms with Gasteiger partial charge in [-0.05, 0) is 38.3 Å². The number of halogens is 1. The molecule has 152 valence electrons. The number of rotatable bonds is 6. The number of piperazine rings is 1. The number of hydrogen-bond donors (Lipinski definition) is 2. The molecule has 0 unspecified atom stereocenters. The molecule has 0 spiro atoms. The van der Waals surface area contributed by atoms with Crippen LogP contribution < -0.4 is 10.6 Å². The molecule has 0 aliphatic carbocycles. The van der Waals surface area contributed by atoms with Gasteiger partial charge < -0.3 is 10.2 Å². The van der Waals surface area contributed by atoms with Crippen molar-refractivity contribution >= 4 is 29.4 Å². The van der Waals surface area contributed by atoms with Crippen molar-refractivity contribution in [1.82, 2.24) is 20.4 Å². The summed E-state index contributed by atoms with van der Waals surface area (Å²) in [6, 6.07) is 7.60. The van der Waals surface area contributed by atoms with Gasteiger partial charge in [0.25, 0.3) is 5.91 Å². The molecule has 4 amide bonds. The Morgan fingerprint density at radius 1 is 1.21 bits per heavy atom. The minimum atomic E-state index is -0.916. The maximum atomic E-state index is 12.5. The maximum absolute atomic E-state index is 12.5. The van der Waals surface area contributed by atoms with E-state index < -0.39 is 11.6 Å². The molecular weight excluding hydrogens is 380 g/mol. The van der Waals surface area contributed by atoms with E-state index in [-0.39, 0.29) is 17.9 Å². The van der Waals surface area contributed by atoms with Gasteiger partial charge in [0.05, 0.1) is 0 Å². The second-order valence-corrected chi connectivity index (χ2v) is 8.12. The zero-order valence-electron chi connectivity index (χ0n) is 16.3. The topological polar surface area (TPSA) is 81.8 Å². The van der Waals surface area contributed by atoms with Gasteiger partial charge in [0.15, 0.2) is 0 Å². The second-order valence-electron chi connectivity index (χ2n) is 7.71. The van der Waals surface area contributed by atoms with Crippen LogP contribution in [0.5, 0.6) is 0 Å². The molecule has 2 saturated heterocycles. The van der Waals surface area contributed by atoms with Crippen molar-refractivity contribution in [3.63, 3.8) is 0 Å². The minimum Gasteiger partial charge on any atom is -0.340 e. The van der Waals surface area contributed by atoms with Gasteiger partial charge in [-0.25, -0.2) is 4.79 Å².